The lowest BCUT2D eigenvalue weighted by atomic mass is 10.0. The fraction of sp³-hybridized carbons (Fsp3) is 0.0476. The number of benzene rings is 2. The zero-order valence-corrected chi connectivity index (χ0v) is 12.8. The van der Waals surface area contributed by atoms with Gasteiger partial charge in [0.05, 0.1) is 5.52 Å². The van der Waals surface area contributed by atoms with Gasteiger partial charge in [0.25, 0.3) is 0 Å². The molecule has 0 spiro atoms. The Kier molecular flexibility index (Phi) is 3.16. The summed E-state index contributed by atoms with van der Waals surface area (Å²) in [5.74, 6) is 0. The van der Waals surface area contributed by atoms with Crippen LogP contribution in [0.5, 0.6) is 0 Å². The third-order valence-corrected chi connectivity index (χ3v) is 4.22. The molecule has 0 radical (unpaired) electrons. The van der Waals surface area contributed by atoms with Gasteiger partial charge in [-0.05, 0) is 35.6 Å². The first-order chi connectivity index (χ1) is 11.2. The second-order valence-corrected chi connectivity index (χ2v) is 5.72. The Balaban J connectivity index is 2.12. The molecule has 1 aromatic heterocycles. The van der Waals surface area contributed by atoms with E-state index >= 15 is 0 Å². The molecule has 0 amide bonds. The standard InChI is InChI=1S/C21H15NO/c1-14-6-5-9-16-10-11-19-18(21(23)20(14)16)12-17(13-22-19)15-7-3-2-4-8-15/h2-13H,1H3. The van der Waals surface area contributed by atoms with Crippen LogP contribution >= 0.6 is 0 Å². The summed E-state index contributed by atoms with van der Waals surface area (Å²) < 4.78 is 0. The molecule has 0 unspecified atom stereocenters. The summed E-state index contributed by atoms with van der Waals surface area (Å²) in [7, 11) is 0. The van der Waals surface area contributed by atoms with Gasteiger partial charge in [-0.15, -0.1) is 0 Å². The zero-order valence-electron chi connectivity index (χ0n) is 12.8. The molecule has 0 fully saturated rings. The lowest BCUT2D eigenvalue weighted by Crippen LogP contribution is -2.01. The number of aryl methyl sites for hydroxylation is 1. The first-order valence-electron chi connectivity index (χ1n) is 7.62. The van der Waals surface area contributed by atoms with Gasteiger partial charge >= 0.3 is 0 Å². The summed E-state index contributed by atoms with van der Waals surface area (Å²) in [5.41, 5.74) is 3.79. The van der Waals surface area contributed by atoms with Crippen LogP contribution < -0.4 is 5.43 Å². The number of hydrogen-bond donors (Lipinski definition) is 0. The average molecular weight is 297 g/mol. The van der Waals surface area contributed by atoms with Crippen molar-refractivity contribution in [1.29, 1.82) is 0 Å². The van der Waals surface area contributed by atoms with E-state index in [1.165, 1.54) is 0 Å². The van der Waals surface area contributed by atoms with Crippen molar-refractivity contribution in [1.82, 2.24) is 4.98 Å². The van der Waals surface area contributed by atoms with Crippen LogP contribution in [0.4, 0.5) is 0 Å². The maximum atomic E-state index is 13.1. The molecule has 2 nitrogen and oxygen atoms in total. The third kappa shape index (κ3) is 2.29. The van der Waals surface area contributed by atoms with Crippen LogP contribution in [-0.2, 0) is 0 Å². The molecule has 0 aliphatic carbocycles. The smallest absolute Gasteiger partial charge is 0.196 e. The number of aromatic nitrogens is 1. The molecule has 0 bridgehead atoms. The van der Waals surface area contributed by atoms with Gasteiger partial charge in [-0.1, -0.05) is 54.6 Å². The fourth-order valence-corrected chi connectivity index (χ4v) is 3.02. The molecule has 4 aromatic rings. The largest absolute Gasteiger partial charge is 0.288 e. The molecule has 110 valence electrons. The molecule has 0 aliphatic rings. The van der Waals surface area contributed by atoms with E-state index in [1.54, 1.807) is 0 Å². The summed E-state index contributed by atoms with van der Waals surface area (Å²) in [5, 5.41) is 2.39. The monoisotopic (exact) mass is 297 g/mol. The highest BCUT2D eigenvalue weighted by Gasteiger charge is 2.07. The van der Waals surface area contributed by atoms with Crippen molar-refractivity contribution < 1.29 is 0 Å². The van der Waals surface area contributed by atoms with E-state index in [-0.39, 0.29) is 5.43 Å². The van der Waals surface area contributed by atoms with Gasteiger partial charge in [0.1, 0.15) is 0 Å². The lowest BCUT2D eigenvalue weighted by Gasteiger charge is -2.01. The second-order valence-electron chi connectivity index (χ2n) is 5.72. The number of rotatable bonds is 1. The van der Waals surface area contributed by atoms with Crippen molar-refractivity contribution in [2.75, 3.05) is 0 Å². The van der Waals surface area contributed by atoms with E-state index in [1.807, 2.05) is 79.9 Å². The lowest BCUT2D eigenvalue weighted by molar-refractivity contribution is 1.41. The van der Waals surface area contributed by atoms with Gasteiger partial charge in [0.2, 0.25) is 0 Å². The quantitative estimate of drug-likeness (QED) is 0.508. The summed E-state index contributed by atoms with van der Waals surface area (Å²) in [6.45, 7) is 1.98. The molecule has 3 aromatic carbocycles. The number of fused-ring (bicyclic) bond motifs is 2. The fourth-order valence-electron chi connectivity index (χ4n) is 3.02. The van der Waals surface area contributed by atoms with Gasteiger partial charge < -0.3 is 0 Å². The van der Waals surface area contributed by atoms with Crippen LogP contribution in [0.1, 0.15) is 5.56 Å². The Morgan fingerprint density at radius 1 is 0.826 bits per heavy atom. The normalized spacial score (nSPS) is 11.0. The molecule has 2 heteroatoms. The molecule has 23 heavy (non-hydrogen) atoms. The number of nitrogens with zero attached hydrogens (tertiary/aromatic N) is 1. The zero-order chi connectivity index (χ0) is 15.8. The Bertz CT molecular complexity index is 1090. The molecular formula is C21H15NO. The van der Waals surface area contributed by atoms with Crippen LogP contribution in [0, 0.1) is 6.92 Å². The maximum Gasteiger partial charge on any atom is 0.196 e. The molecule has 1 heterocycles. The topological polar surface area (TPSA) is 30.0 Å². The molecule has 0 N–H and O–H groups in total. The van der Waals surface area contributed by atoms with E-state index in [9.17, 15) is 4.79 Å². The maximum absolute atomic E-state index is 13.1. The van der Waals surface area contributed by atoms with E-state index in [0.29, 0.717) is 5.39 Å². The Hall–Kier alpha value is -3.00. The summed E-state index contributed by atoms with van der Waals surface area (Å²) in [6, 6.07) is 21.8. The van der Waals surface area contributed by atoms with E-state index in [0.717, 1.165) is 33.0 Å². The van der Waals surface area contributed by atoms with E-state index in [2.05, 4.69) is 4.98 Å². The van der Waals surface area contributed by atoms with Crippen LogP contribution in [0.3, 0.4) is 0 Å². The average Bonchev–Trinajstić information content (AvgIpc) is 2.73. The molecular weight excluding hydrogens is 282 g/mol. The molecule has 0 aliphatic heterocycles. The summed E-state index contributed by atoms with van der Waals surface area (Å²) in [6.07, 6.45) is 1.83. The van der Waals surface area contributed by atoms with Crippen LogP contribution in [0.25, 0.3) is 32.8 Å². The SMILES string of the molecule is Cc1cccc2ccc3ncc(-c4ccccc4)cc3c(=O)c12. The first-order valence-corrected chi connectivity index (χ1v) is 7.62. The van der Waals surface area contributed by atoms with Crippen LogP contribution in [0.15, 0.2) is 77.7 Å². The predicted octanol–water partition coefficient (Wildman–Crippen LogP) is 4.72. The van der Waals surface area contributed by atoms with Gasteiger partial charge in [-0.25, -0.2) is 0 Å². The van der Waals surface area contributed by atoms with Crippen molar-refractivity contribution in [3.05, 3.63) is 88.7 Å². The minimum Gasteiger partial charge on any atom is -0.288 e. The van der Waals surface area contributed by atoms with Crippen molar-refractivity contribution >= 4 is 21.7 Å². The third-order valence-electron chi connectivity index (χ3n) is 4.22. The molecule has 0 saturated heterocycles. The Labute approximate surface area is 134 Å². The van der Waals surface area contributed by atoms with E-state index < -0.39 is 0 Å². The van der Waals surface area contributed by atoms with Crippen molar-refractivity contribution in [3.63, 3.8) is 0 Å². The second kappa shape index (κ2) is 5.33. The van der Waals surface area contributed by atoms with Crippen molar-refractivity contribution in [2.24, 2.45) is 0 Å². The number of pyridine rings is 1. The minimum atomic E-state index is 0.0448. The van der Waals surface area contributed by atoms with Crippen molar-refractivity contribution in [3.8, 4) is 11.1 Å². The highest BCUT2D eigenvalue weighted by atomic mass is 16.1. The minimum absolute atomic E-state index is 0.0448. The van der Waals surface area contributed by atoms with Crippen LogP contribution in [0.2, 0.25) is 0 Å². The molecule has 0 atom stereocenters. The Morgan fingerprint density at radius 2 is 1.65 bits per heavy atom. The molecule has 0 saturated carbocycles. The summed E-state index contributed by atoms with van der Waals surface area (Å²) in [4.78, 5) is 17.6. The van der Waals surface area contributed by atoms with Gasteiger partial charge in [-0.3, -0.25) is 9.78 Å². The van der Waals surface area contributed by atoms with E-state index in [4.69, 9.17) is 0 Å². The van der Waals surface area contributed by atoms with Crippen LogP contribution in [-0.4, -0.2) is 4.98 Å². The highest BCUT2D eigenvalue weighted by molar-refractivity contribution is 5.94. The highest BCUT2D eigenvalue weighted by Crippen LogP contribution is 2.22. The Morgan fingerprint density at radius 3 is 2.48 bits per heavy atom. The van der Waals surface area contributed by atoms with Gasteiger partial charge in [0.15, 0.2) is 5.43 Å². The van der Waals surface area contributed by atoms with Gasteiger partial charge in [-0.2, -0.15) is 0 Å². The van der Waals surface area contributed by atoms with Gasteiger partial charge in [0, 0.05) is 22.5 Å². The predicted molar refractivity (Wildman–Crippen MR) is 95.7 cm³/mol. The number of hydrogen-bond acceptors (Lipinski definition) is 2. The summed E-state index contributed by atoms with van der Waals surface area (Å²) >= 11 is 0. The van der Waals surface area contributed by atoms with Crippen molar-refractivity contribution in [2.45, 2.75) is 6.92 Å². The first kappa shape index (κ1) is 13.6. The molecule has 4 rings (SSSR count).